The molecule has 0 saturated carbocycles. The number of piperazine rings is 1. The summed E-state index contributed by atoms with van der Waals surface area (Å²) in [4.78, 5) is 0. The van der Waals surface area contributed by atoms with E-state index < -0.39 is 23.6 Å². The van der Waals surface area contributed by atoms with Gasteiger partial charge in [0, 0.05) is 25.7 Å². The highest BCUT2D eigenvalue weighted by atomic mass is 19.4. The summed E-state index contributed by atoms with van der Waals surface area (Å²) in [7, 11) is 0. The van der Waals surface area contributed by atoms with Gasteiger partial charge in [0.1, 0.15) is 5.82 Å². The fourth-order valence-electron chi connectivity index (χ4n) is 1.95. The van der Waals surface area contributed by atoms with Crippen LogP contribution in [-0.2, 0) is 6.18 Å². The quantitative estimate of drug-likeness (QED) is 0.743. The lowest BCUT2D eigenvalue weighted by Gasteiger charge is -2.27. The molecule has 0 spiro atoms. The lowest BCUT2D eigenvalue weighted by atomic mass is 9.98. The van der Waals surface area contributed by atoms with Crippen molar-refractivity contribution in [1.29, 1.82) is 0 Å². The molecular weight excluding hydrogens is 236 g/mol. The van der Waals surface area contributed by atoms with E-state index in [4.69, 9.17) is 0 Å². The van der Waals surface area contributed by atoms with E-state index in [1.54, 1.807) is 0 Å². The molecule has 0 amide bonds. The topological polar surface area (TPSA) is 24.1 Å². The van der Waals surface area contributed by atoms with Gasteiger partial charge in [-0.3, -0.25) is 0 Å². The highest BCUT2D eigenvalue weighted by molar-refractivity contribution is 5.33. The van der Waals surface area contributed by atoms with Gasteiger partial charge in [-0.15, -0.1) is 0 Å². The predicted octanol–water partition coefficient (Wildman–Crippen LogP) is 2.08. The molecule has 1 aliphatic rings. The fourth-order valence-corrected chi connectivity index (χ4v) is 1.95. The number of halogens is 4. The number of alkyl halides is 3. The number of hydrogen-bond acceptors (Lipinski definition) is 2. The average Bonchev–Trinajstić information content (AvgIpc) is 2.28. The van der Waals surface area contributed by atoms with Gasteiger partial charge >= 0.3 is 6.18 Å². The normalized spacial score (nSPS) is 21.5. The Morgan fingerprint density at radius 3 is 2.53 bits per heavy atom. The van der Waals surface area contributed by atoms with E-state index in [1.807, 2.05) is 0 Å². The number of rotatable bonds is 1. The van der Waals surface area contributed by atoms with Crippen LogP contribution in [0.3, 0.4) is 0 Å². The second-order valence-corrected chi connectivity index (χ2v) is 3.94. The molecule has 0 aliphatic carbocycles. The van der Waals surface area contributed by atoms with Crippen molar-refractivity contribution in [2.75, 3.05) is 19.6 Å². The zero-order valence-corrected chi connectivity index (χ0v) is 8.94. The van der Waals surface area contributed by atoms with Crippen LogP contribution in [0.15, 0.2) is 18.2 Å². The predicted molar refractivity (Wildman–Crippen MR) is 55.0 cm³/mol. The van der Waals surface area contributed by atoms with Gasteiger partial charge in [-0.1, -0.05) is 0 Å². The molecule has 1 atom stereocenters. The van der Waals surface area contributed by atoms with E-state index >= 15 is 0 Å². The Kier molecular flexibility index (Phi) is 3.35. The van der Waals surface area contributed by atoms with Crippen molar-refractivity contribution in [2.45, 2.75) is 12.2 Å². The number of nitrogens with one attached hydrogen (secondary N) is 2. The van der Waals surface area contributed by atoms with Crippen molar-refractivity contribution in [1.82, 2.24) is 10.6 Å². The van der Waals surface area contributed by atoms with Crippen LogP contribution in [0.2, 0.25) is 0 Å². The lowest BCUT2D eigenvalue weighted by Crippen LogP contribution is -2.43. The van der Waals surface area contributed by atoms with Gasteiger partial charge in [-0.25, -0.2) is 4.39 Å². The van der Waals surface area contributed by atoms with Crippen molar-refractivity contribution >= 4 is 0 Å². The standard InChI is InChI=1S/C11H12F4N2/c12-7-1-2-9(11(13,14)15)8(5-7)10-6-16-3-4-17-10/h1-2,5,10,16-17H,3-4,6H2/t10-/m0/s1. The van der Waals surface area contributed by atoms with E-state index in [0.29, 0.717) is 19.6 Å². The molecule has 2 N–H and O–H groups in total. The summed E-state index contributed by atoms with van der Waals surface area (Å²) in [5.74, 6) is -0.652. The van der Waals surface area contributed by atoms with Crippen LogP contribution < -0.4 is 10.6 Å². The van der Waals surface area contributed by atoms with Gasteiger partial charge in [0.15, 0.2) is 0 Å². The van der Waals surface area contributed by atoms with Gasteiger partial charge in [0.2, 0.25) is 0 Å². The summed E-state index contributed by atoms with van der Waals surface area (Å²) < 4.78 is 51.4. The Hall–Kier alpha value is -1.14. The fraction of sp³-hybridized carbons (Fsp3) is 0.455. The largest absolute Gasteiger partial charge is 0.416 e. The second-order valence-electron chi connectivity index (χ2n) is 3.94. The van der Waals surface area contributed by atoms with Gasteiger partial charge in [0.05, 0.1) is 5.56 Å². The Morgan fingerprint density at radius 2 is 1.94 bits per heavy atom. The number of benzene rings is 1. The molecule has 0 aromatic heterocycles. The molecule has 1 aromatic carbocycles. The first-order chi connectivity index (χ1) is 7.98. The zero-order valence-electron chi connectivity index (χ0n) is 8.94. The minimum Gasteiger partial charge on any atom is -0.314 e. The maximum atomic E-state index is 13.1. The second kappa shape index (κ2) is 4.62. The van der Waals surface area contributed by atoms with E-state index in [1.165, 1.54) is 0 Å². The maximum absolute atomic E-state index is 13.1. The molecule has 1 saturated heterocycles. The third-order valence-corrected chi connectivity index (χ3v) is 2.74. The van der Waals surface area contributed by atoms with E-state index in [2.05, 4.69) is 10.6 Å². The van der Waals surface area contributed by atoms with Crippen LogP contribution in [0, 0.1) is 5.82 Å². The first-order valence-corrected chi connectivity index (χ1v) is 5.29. The van der Waals surface area contributed by atoms with Crippen molar-refractivity contribution in [3.63, 3.8) is 0 Å². The molecule has 2 rings (SSSR count). The van der Waals surface area contributed by atoms with Crippen molar-refractivity contribution in [3.8, 4) is 0 Å². The molecule has 1 heterocycles. The van der Waals surface area contributed by atoms with Crippen LogP contribution in [0.4, 0.5) is 17.6 Å². The minimum absolute atomic E-state index is 0.0373. The first kappa shape index (κ1) is 12.3. The molecule has 2 nitrogen and oxygen atoms in total. The first-order valence-electron chi connectivity index (χ1n) is 5.29. The summed E-state index contributed by atoms with van der Waals surface area (Å²) in [5, 5.41) is 5.93. The van der Waals surface area contributed by atoms with Crippen molar-refractivity contribution < 1.29 is 17.6 Å². The third kappa shape index (κ3) is 2.76. The Morgan fingerprint density at radius 1 is 1.18 bits per heavy atom. The summed E-state index contributed by atoms with van der Waals surface area (Å²) >= 11 is 0. The van der Waals surface area contributed by atoms with E-state index in [9.17, 15) is 17.6 Å². The zero-order chi connectivity index (χ0) is 12.5. The molecular formula is C11H12F4N2. The average molecular weight is 248 g/mol. The summed E-state index contributed by atoms with van der Waals surface area (Å²) in [6.07, 6.45) is -4.46. The van der Waals surface area contributed by atoms with Gasteiger partial charge in [-0.05, 0) is 23.8 Å². The monoisotopic (exact) mass is 248 g/mol. The molecule has 0 radical (unpaired) electrons. The van der Waals surface area contributed by atoms with Gasteiger partial charge < -0.3 is 10.6 Å². The van der Waals surface area contributed by atoms with Crippen LogP contribution in [-0.4, -0.2) is 19.6 Å². The molecule has 0 bridgehead atoms. The van der Waals surface area contributed by atoms with E-state index in [0.717, 1.165) is 18.2 Å². The Balaban J connectivity index is 2.39. The van der Waals surface area contributed by atoms with Crippen LogP contribution in [0.5, 0.6) is 0 Å². The Bertz CT molecular complexity index is 397. The summed E-state index contributed by atoms with van der Waals surface area (Å²) in [6, 6.07) is 2.08. The van der Waals surface area contributed by atoms with Crippen LogP contribution in [0.1, 0.15) is 17.2 Å². The lowest BCUT2D eigenvalue weighted by molar-refractivity contribution is -0.138. The number of hydrogen-bond donors (Lipinski definition) is 2. The van der Waals surface area contributed by atoms with Crippen molar-refractivity contribution in [2.24, 2.45) is 0 Å². The molecule has 6 heteroatoms. The van der Waals surface area contributed by atoms with Gasteiger partial charge in [-0.2, -0.15) is 13.2 Å². The third-order valence-electron chi connectivity index (χ3n) is 2.74. The SMILES string of the molecule is Fc1ccc(C(F)(F)F)c([C@@H]2CNCCN2)c1. The van der Waals surface area contributed by atoms with E-state index in [-0.39, 0.29) is 5.56 Å². The molecule has 94 valence electrons. The van der Waals surface area contributed by atoms with Crippen molar-refractivity contribution in [3.05, 3.63) is 35.1 Å². The van der Waals surface area contributed by atoms with Crippen LogP contribution >= 0.6 is 0 Å². The molecule has 1 fully saturated rings. The molecule has 0 unspecified atom stereocenters. The molecule has 17 heavy (non-hydrogen) atoms. The highest BCUT2D eigenvalue weighted by Crippen LogP contribution is 2.35. The summed E-state index contributed by atoms with van der Waals surface area (Å²) in [5.41, 5.74) is -0.815. The minimum atomic E-state index is -4.46. The highest BCUT2D eigenvalue weighted by Gasteiger charge is 2.35. The molecule has 1 aromatic rings. The smallest absolute Gasteiger partial charge is 0.314 e. The molecule has 1 aliphatic heterocycles. The Labute approximate surface area is 96.0 Å². The van der Waals surface area contributed by atoms with Crippen LogP contribution in [0.25, 0.3) is 0 Å². The summed E-state index contributed by atoms with van der Waals surface area (Å²) in [6.45, 7) is 1.64. The van der Waals surface area contributed by atoms with Gasteiger partial charge in [0.25, 0.3) is 0 Å². The maximum Gasteiger partial charge on any atom is 0.416 e.